The zero-order valence-corrected chi connectivity index (χ0v) is 15.0. The second-order valence-electron chi connectivity index (χ2n) is 4.94. The van der Waals surface area contributed by atoms with E-state index in [4.69, 9.17) is 0 Å². The van der Waals surface area contributed by atoms with Gasteiger partial charge in [0.2, 0.25) is 0 Å². The average Bonchev–Trinajstić information content (AvgIpc) is 2.38. The Kier molecular flexibility index (Phi) is 5.11. The van der Waals surface area contributed by atoms with Gasteiger partial charge in [-0.3, -0.25) is 0 Å². The second-order valence-corrected chi connectivity index (χ2v) is 6.71. The van der Waals surface area contributed by atoms with Gasteiger partial charge in [-0.2, -0.15) is 0 Å². The van der Waals surface area contributed by atoms with Crippen molar-refractivity contribution in [2.75, 3.05) is 24.3 Å². The van der Waals surface area contributed by atoms with Gasteiger partial charge in [0.1, 0.15) is 0 Å². The Morgan fingerprint density at radius 1 is 1.05 bits per heavy atom. The van der Waals surface area contributed by atoms with E-state index in [1.807, 2.05) is 6.07 Å². The monoisotopic (exact) mass is 396 g/mol. The summed E-state index contributed by atoms with van der Waals surface area (Å²) in [5, 5.41) is 3.59. The summed E-state index contributed by atoms with van der Waals surface area (Å²) in [6.45, 7) is 2.17. The number of nitrogens with one attached hydrogen (secondary N) is 1. The molecule has 0 radical (unpaired) electrons. The number of hydrogen-bond donors (Lipinski definition) is 1. The van der Waals surface area contributed by atoms with Crippen LogP contribution in [0, 0.1) is 0 Å². The highest BCUT2D eigenvalue weighted by Crippen LogP contribution is 2.32. The molecule has 0 aliphatic carbocycles. The highest BCUT2D eigenvalue weighted by Gasteiger charge is 2.12. The maximum Gasteiger partial charge on any atom is 0.0597 e. The van der Waals surface area contributed by atoms with Gasteiger partial charge in [0.25, 0.3) is 0 Å². The predicted octanol–water partition coefficient (Wildman–Crippen LogP) is 5.45. The first-order valence-corrected chi connectivity index (χ1v) is 8.05. The Hall–Kier alpha value is -1.00. The SMILES string of the molecule is CC(Nc1cc(Br)ccc1N(C)C)c1ccccc1Br. The first-order valence-electron chi connectivity index (χ1n) is 6.47. The van der Waals surface area contributed by atoms with Crippen LogP contribution in [0.5, 0.6) is 0 Å². The van der Waals surface area contributed by atoms with Crippen molar-refractivity contribution in [2.24, 2.45) is 0 Å². The van der Waals surface area contributed by atoms with Crippen LogP contribution < -0.4 is 10.2 Å². The predicted molar refractivity (Wildman–Crippen MR) is 94.6 cm³/mol. The first-order chi connectivity index (χ1) is 9.49. The van der Waals surface area contributed by atoms with Crippen LogP contribution in [-0.2, 0) is 0 Å². The van der Waals surface area contributed by atoms with E-state index < -0.39 is 0 Å². The van der Waals surface area contributed by atoms with E-state index >= 15 is 0 Å². The minimum absolute atomic E-state index is 0.221. The number of benzene rings is 2. The van der Waals surface area contributed by atoms with Crippen molar-refractivity contribution >= 4 is 43.2 Å². The lowest BCUT2D eigenvalue weighted by atomic mass is 10.1. The van der Waals surface area contributed by atoms with Gasteiger partial charge in [0, 0.05) is 29.1 Å². The van der Waals surface area contributed by atoms with Gasteiger partial charge < -0.3 is 10.2 Å². The Morgan fingerprint density at radius 3 is 2.40 bits per heavy atom. The molecule has 4 heteroatoms. The van der Waals surface area contributed by atoms with E-state index in [0.29, 0.717) is 0 Å². The molecule has 2 nitrogen and oxygen atoms in total. The van der Waals surface area contributed by atoms with Gasteiger partial charge in [-0.15, -0.1) is 0 Å². The van der Waals surface area contributed by atoms with Crippen molar-refractivity contribution in [3.05, 3.63) is 57.0 Å². The lowest BCUT2D eigenvalue weighted by Crippen LogP contribution is -2.14. The number of halogens is 2. The molecule has 0 aromatic heterocycles. The fourth-order valence-corrected chi connectivity index (χ4v) is 3.14. The summed E-state index contributed by atoms with van der Waals surface area (Å²) in [4.78, 5) is 2.11. The Morgan fingerprint density at radius 2 is 1.75 bits per heavy atom. The highest BCUT2D eigenvalue weighted by atomic mass is 79.9. The third-order valence-corrected chi connectivity index (χ3v) is 4.40. The second kappa shape index (κ2) is 6.64. The normalized spacial score (nSPS) is 12.1. The molecule has 20 heavy (non-hydrogen) atoms. The lowest BCUT2D eigenvalue weighted by Gasteiger charge is -2.23. The smallest absolute Gasteiger partial charge is 0.0597 e. The van der Waals surface area contributed by atoms with E-state index in [-0.39, 0.29) is 6.04 Å². The molecule has 2 aromatic rings. The molecule has 0 spiro atoms. The fourth-order valence-electron chi connectivity index (χ4n) is 2.15. The quantitative estimate of drug-likeness (QED) is 0.737. The molecule has 0 bridgehead atoms. The maximum absolute atomic E-state index is 3.61. The molecule has 2 aromatic carbocycles. The first kappa shape index (κ1) is 15.4. The van der Waals surface area contributed by atoms with Gasteiger partial charge >= 0.3 is 0 Å². The Bertz CT molecular complexity index is 597. The largest absolute Gasteiger partial charge is 0.377 e. The van der Waals surface area contributed by atoms with Crippen LogP contribution in [0.25, 0.3) is 0 Å². The van der Waals surface area contributed by atoms with Crippen molar-refractivity contribution < 1.29 is 0 Å². The molecule has 1 N–H and O–H groups in total. The molecule has 0 saturated carbocycles. The number of anilines is 2. The highest BCUT2D eigenvalue weighted by molar-refractivity contribution is 9.10. The molecular weight excluding hydrogens is 380 g/mol. The van der Waals surface area contributed by atoms with E-state index in [9.17, 15) is 0 Å². The van der Waals surface area contributed by atoms with Crippen molar-refractivity contribution in [2.45, 2.75) is 13.0 Å². The molecule has 106 valence electrons. The standard InChI is InChI=1S/C16H18Br2N2/c1-11(13-6-4-5-7-14(13)18)19-15-10-12(17)8-9-16(15)20(2)3/h4-11,19H,1-3H3. The summed E-state index contributed by atoms with van der Waals surface area (Å²) in [6.07, 6.45) is 0. The molecule has 1 unspecified atom stereocenters. The van der Waals surface area contributed by atoms with Gasteiger partial charge in [0.15, 0.2) is 0 Å². The van der Waals surface area contributed by atoms with Gasteiger partial charge in [-0.05, 0) is 36.8 Å². The van der Waals surface area contributed by atoms with Crippen LogP contribution in [0.3, 0.4) is 0 Å². The molecule has 0 aliphatic rings. The molecule has 0 fully saturated rings. The minimum atomic E-state index is 0.221. The summed E-state index contributed by atoms with van der Waals surface area (Å²) >= 11 is 7.15. The lowest BCUT2D eigenvalue weighted by molar-refractivity contribution is 0.877. The summed E-state index contributed by atoms with van der Waals surface area (Å²) in [7, 11) is 4.11. The third-order valence-electron chi connectivity index (χ3n) is 3.18. The molecule has 0 saturated heterocycles. The van der Waals surface area contributed by atoms with Gasteiger partial charge in [-0.1, -0.05) is 50.1 Å². The minimum Gasteiger partial charge on any atom is -0.377 e. The van der Waals surface area contributed by atoms with E-state index in [1.165, 1.54) is 11.3 Å². The van der Waals surface area contributed by atoms with E-state index in [2.05, 4.69) is 99.5 Å². The van der Waals surface area contributed by atoms with Crippen molar-refractivity contribution in [1.82, 2.24) is 0 Å². The number of hydrogen-bond acceptors (Lipinski definition) is 2. The summed E-state index contributed by atoms with van der Waals surface area (Å²) in [5.74, 6) is 0. The van der Waals surface area contributed by atoms with Crippen LogP contribution in [0.1, 0.15) is 18.5 Å². The molecular formula is C16H18Br2N2. The average molecular weight is 398 g/mol. The molecule has 1 atom stereocenters. The van der Waals surface area contributed by atoms with Crippen molar-refractivity contribution in [3.8, 4) is 0 Å². The van der Waals surface area contributed by atoms with Crippen LogP contribution in [0.2, 0.25) is 0 Å². The summed E-state index contributed by atoms with van der Waals surface area (Å²) in [5.41, 5.74) is 3.54. The van der Waals surface area contributed by atoms with Gasteiger partial charge in [0.05, 0.1) is 11.4 Å². The number of nitrogens with zero attached hydrogens (tertiary/aromatic N) is 1. The van der Waals surface area contributed by atoms with Crippen LogP contribution in [-0.4, -0.2) is 14.1 Å². The summed E-state index contributed by atoms with van der Waals surface area (Å²) in [6, 6.07) is 14.8. The van der Waals surface area contributed by atoms with E-state index in [1.54, 1.807) is 0 Å². The van der Waals surface area contributed by atoms with Crippen LogP contribution in [0.15, 0.2) is 51.4 Å². The fraction of sp³-hybridized carbons (Fsp3) is 0.250. The van der Waals surface area contributed by atoms with Crippen LogP contribution >= 0.6 is 31.9 Å². The molecule has 0 aliphatic heterocycles. The van der Waals surface area contributed by atoms with Gasteiger partial charge in [-0.25, -0.2) is 0 Å². The van der Waals surface area contributed by atoms with Crippen molar-refractivity contribution in [1.29, 1.82) is 0 Å². The molecule has 0 heterocycles. The molecule has 0 amide bonds. The molecule has 2 rings (SSSR count). The van der Waals surface area contributed by atoms with Crippen LogP contribution in [0.4, 0.5) is 11.4 Å². The third kappa shape index (κ3) is 3.55. The topological polar surface area (TPSA) is 15.3 Å². The summed E-state index contributed by atoms with van der Waals surface area (Å²) < 4.78 is 2.20. The Balaban J connectivity index is 2.30. The zero-order valence-electron chi connectivity index (χ0n) is 11.8. The zero-order chi connectivity index (χ0) is 14.7. The maximum atomic E-state index is 3.61. The van der Waals surface area contributed by atoms with Crippen molar-refractivity contribution in [3.63, 3.8) is 0 Å². The number of rotatable bonds is 4. The van der Waals surface area contributed by atoms with E-state index in [0.717, 1.165) is 14.6 Å². The Labute approximate surface area is 137 Å².